The van der Waals surface area contributed by atoms with Crippen LogP contribution in [0.25, 0.3) is 10.8 Å². The van der Waals surface area contributed by atoms with Gasteiger partial charge in [0.2, 0.25) is 0 Å². The topological polar surface area (TPSA) is 21.3 Å². The highest BCUT2D eigenvalue weighted by Gasteiger charge is 2.09. The van der Waals surface area contributed by atoms with Gasteiger partial charge in [0.15, 0.2) is 0 Å². The van der Waals surface area contributed by atoms with Gasteiger partial charge in [-0.1, -0.05) is 99.7 Å². The molecule has 1 N–H and O–H groups in total. The number of nitrogens with one attached hydrogen (secondary N) is 1. The van der Waals surface area contributed by atoms with Gasteiger partial charge in [0.25, 0.3) is 0 Å². The molecule has 28 heavy (non-hydrogen) atoms. The molecule has 0 saturated heterocycles. The van der Waals surface area contributed by atoms with Crippen molar-refractivity contribution in [2.45, 2.75) is 58.5 Å². The maximum atomic E-state index is 6.21. The van der Waals surface area contributed by atoms with E-state index < -0.39 is 0 Å². The zero-order valence-corrected chi connectivity index (χ0v) is 17.1. The summed E-state index contributed by atoms with van der Waals surface area (Å²) in [7, 11) is 0. The molecule has 0 aliphatic rings. The van der Waals surface area contributed by atoms with Crippen LogP contribution < -0.4 is 10.1 Å². The smallest absolute Gasteiger partial charge is 0.124 e. The molecule has 0 spiro atoms. The van der Waals surface area contributed by atoms with Crippen molar-refractivity contribution < 1.29 is 4.74 Å². The van der Waals surface area contributed by atoms with Crippen LogP contribution in [0, 0.1) is 0 Å². The Kier molecular flexibility index (Phi) is 8.39. The molecule has 2 heteroatoms. The van der Waals surface area contributed by atoms with Crippen LogP contribution >= 0.6 is 0 Å². The molecule has 0 heterocycles. The van der Waals surface area contributed by atoms with E-state index in [1.807, 2.05) is 0 Å². The number of hydrogen-bond acceptors (Lipinski definition) is 2. The number of ether oxygens (including phenoxy) is 1. The minimum absolute atomic E-state index is 0.802. The lowest BCUT2D eigenvalue weighted by Gasteiger charge is -2.15. The molecule has 0 aliphatic carbocycles. The molecule has 2 nitrogen and oxygen atoms in total. The van der Waals surface area contributed by atoms with Crippen molar-refractivity contribution in [3.8, 4) is 5.75 Å². The van der Waals surface area contributed by atoms with Gasteiger partial charge in [-0.3, -0.25) is 0 Å². The maximum Gasteiger partial charge on any atom is 0.124 e. The number of fused-ring (bicyclic) bond motifs is 1. The average molecular weight is 376 g/mol. The lowest BCUT2D eigenvalue weighted by atomic mass is 10.0. The molecule has 0 radical (unpaired) electrons. The second kappa shape index (κ2) is 11.5. The van der Waals surface area contributed by atoms with Crippen molar-refractivity contribution in [1.82, 2.24) is 5.32 Å². The molecule has 3 rings (SSSR count). The highest BCUT2D eigenvalue weighted by atomic mass is 16.5. The third-order valence-electron chi connectivity index (χ3n) is 5.23. The number of benzene rings is 3. The number of rotatable bonds is 12. The Morgan fingerprint density at radius 2 is 1.46 bits per heavy atom. The summed E-state index contributed by atoms with van der Waals surface area (Å²) in [5.41, 5.74) is 2.57. The van der Waals surface area contributed by atoms with Gasteiger partial charge in [-0.05, 0) is 28.8 Å². The lowest BCUT2D eigenvalue weighted by molar-refractivity contribution is 0.301. The normalized spacial score (nSPS) is 11.0. The fraction of sp³-hybridized carbons (Fsp3) is 0.385. The molecule has 0 atom stereocenters. The summed E-state index contributed by atoms with van der Waals surface area (Å²) in [5, 5.41) is 6.15. The number of hydrogen-bond donors (Lipinski definition) is 1. The highest BCUT2D eigenvalue weighted by molar-refractivity contribution is 5.87. The molecule has 148 valence electrons. The molecule has 0 amide bonds. The van der Waals surface area contributed by atoms with Gasteiger partial charge < -0.3 is 10.1 Å². The van der Waals surface area contributed by atoms with E-state index in [2.05, 4.69) is 79.0 Å². The Morgan fingerprint density at radius 1 is 0.714 bits per heavy atom. The molecular formula is C26H33NO. The quantitative estimate of drug-likeness (QED) is 0.349. The van der Waals surface area contributed by atoms with Crippen LogP contribution in [0.3, 0.4) is 0 Å². The predicted octanol–water partition coefficient (Wildman–Crippen LogP) is 6.87. The predicted molar refractivity (Wildman–Crippen MR) is 120 cm³/mol. The zero-order valence-electron chi connectivity index (χ0n) is 17.1. The summed E-state index contributed by atoms with van der Waals surface area (Å²) in [6.45, 7) is 4.73. The van der Waals surface area contributed by atoms with E-state index in [4.69, 9.17) is 4.74 Å². The van der Waals surface area contributed by atoms with E-state index in [-0.39, 0.29) is 0 Å². The minimum atomic E-state index is 0.802. The largest absolute Gasteiger partial charge is 0.493 e. The third-order valence-corrected chi connectivity index (χ3v) is 5.23. The molecular weight excluding hydrogens is 342 g/mol. The van der Waals surface area contributed by atoms with Crippen LogP contribution in [0.15, 0.2) is 66.7 Å². The fourth-order valence-electron chi connectivity index (χ4n) is 3.63. The van der Waals surface area contributed by atoms with Crippen molar-refractivity contribution >= 4 is 10.8 Å². The maximum absolute atomic E-state index is 6.21. The highest BCUT2D eigenvalue weighted by Crippen LogP contribution is 2.28. The zero-order chi connectivity index (χ0) is 19.4. The summed E-state index contributed by atoms with van der Waals surface area (Å²) < 4.78 is 6.21. The van der Waals surface area contributed by atoms with Gasteiger partial charge >= 0.3 is 0 Å². The van der Waals surface area contributed by atoms with Crippen molar-refractivity contribution in [3.05, 3.63) is 77.9 Å². The van der Waals surface area contributed by atoms with E-state index in [0.29, 0.717) is 0 Å². The molecule has 0 unspecified atom stereocenters. The Morgan fingerprint density at radius 3 is 2.32 bits per heavy atom. The second-order valence-electron chi connectivity index (χ2n) is 7.47. The van der Waals surface area contributed by atoms with Crippen LogP contribution in [-0.2, 0) is 13.1 Å². The Bertz CT molecular complexity index is 828. The summed E-state index contributed by atoms with van der Waals surface area (Å²) in [6, 6.07) is 23.4. The van der Waals surface area contributed by atoms with Gasteiger partial charge in [0.1, 0.15) is 5.75 Å². The molecule has 0 aliphatic heterocycles. The first kappa shape index (κ1) is 20.4. The lowest BCUT2D eigenvalue weighted by Crippen LogP contribution is -2.14. The van der Waals surface area contributed by atoms with Gasteiger partial charge in [0.05, 0.1) is 6.61 Å². The second-order valence-corrected chi connectivity index (χ2v) is 7.47. The SMILES string of the molecule is CCCCCCCCOc1ccc2ccccc2c1CNCc1ccccc1. The molecule has 0 saturated carbocycles. The molecule has 3 aromatic rings. The monoisotopic (exact) mass is 375 g/mol. The van der Waals surface area contributed by atoms with Crippen LogP contribution in [-0.4, -0.2) is 6.61 Å². The Labute approximate surface area is 169 Å². The van der Waals surface area contributed by atoms with Gasteiger partial charge in [-0.15, -0.1) is 0 Å². The average Bonchev–Trinajstić information content (AvgIpc) is 2.75. The molecule has 0 fully saturated rings. The molecule has 3 aromatic carbocycles. The van der Waals surface area contributed by atoms with Crippen molar-refractivity contribution in [3.63, 3.8) is 0 Å². The number of unbranched alkanes of at least 4 members (excludes halogenated alkanes) is 5. The van der Waals surface area contributed by atoms with Crippen molar-refractivity contribution in [1.29, 1.82) is 0 Å². The summed E-state index contributed by atoms with van der Waals surface area (Å²) in [5.74, 6) is 1.02. The van der Waals surface area contributed by atoms with Crippen LogP contribution in [0.1, 0.15) is 56.6 Å². The van der Waals surface area contributed by atoms with E-state index in [9.17, 15) is 0 Å². The van der Waals surface area contributed by atoms with Gasteiger partial charge in [0, 0.05) is 18.7 Å². The Balaban J connectivity index is 1.61. The first-order valence-electron chi connectivity index (χ1n) is 10.8. The standard InChI is InChI=1S/C26H33NO/c1-2-3-4-5-6-12-19-28-26-18-17-23-15-10-11-16-24(23)25(26)21-27-20-22-13-8-7-9-14-22/h7-11,13-18,27H,2-6,12,19-21H2,1H3. The minimum Gasteiger partial charge on any atom is -0.493 e. The van der Waals surface area contributed by atoms with E-state index >= 15 is 0 Å². The van der Waals surface area contributed by atoms with Crippen molar-refractivity contribution in [2.75, 3.05) is 6.61 Å². The van der Waals surface area contributed by atoms with Gasteiger partial charge in [-0.25, -0.2) is 0 Å². The first-order valence-corrected chi connectivity index (χ1v) is 10.8. The Hall–Kier alpha value is -2.32. The molecule has 0 aromatic heterocycles. The summed E-state index contributed by atoms with van der Waals surface area (Å²) in [6.07, 6.45) is 7.71. The van der Waals surface area contributed by atoms with Crippen molar-refractivity contribution in [2.24, 2.45) is 0 Å². The van der Waals surface area contributed by atoms with Crippen LogP contribution in [0.5, 0.6) is 5.75 Å². The molecule has 0 bridgehead atoms. The van der Waals surface area contributed by atoms with E-state index in [1.165, 1.54) is 54.0 Å². The first-order chi connectivity index (χ1) is 13.9. The van der Waals surface area contributed by atoms with Gasteiger partial charge in [-0.2, -0.15) is 0 Å². The third kappa shape index (κ3) is 6.10. The van der Waals surface area contributed by atoms with Crippen LogP contribution in [0.2, 0.25) is 0 Å². The van der Waals surface area contributed by atoms with E-state index in [1.54, 1.807) is 0 Å². The fourth-order valence-corrected chi connectivity index (χ4v) is 3.63. The summed E-state index contributed by atoms with van der Waals surface area (Å²) in [4.78, 5) is 0. The van der Waals surface area contributed by atoms with E-state index in [0.717, 1.165) is 31.9 Å². The van der Waals surface area contributed by atoms with Crippen LogP contribution in [0.4, 0.5) is 0 Å². The summed E-state index contributed by atoms with van der Waals surface area (Å²) >= 11 is 0.